The number of rotatable bonds is 3. The van der Waals surface area contributed by atoms with Gasteiger partial charge in [-0.25, -0.2) is 9.59 Å². The van der Waals surface area contributed by atoms with Crippen molar-refractivity contribution >= 4 is 12.1 Å². The van der Waals surface area contributed by atoms with Crippen LogP contribution in [0.1, 0.15) is 20.8 Å². The second-order valence-corrected chi connectivity index (χ2v) is 5.16. The Morgan fingerprint density at radius 2 is 2.06 bits per heavy atom. The molecule has 0 aromatic heterocycles. The second kappa shape index (κ2) is 4.97. The van der Waals surface area contributed by atoms with Crippen LogP contribution in [0.15, 0.2) is 12.2 Å². The van der Waals surface area contributed by atoms with Crippen molar-refractivity contribution in [3.8, 4) is 0 Å². The average Bonchev–Trinajstić information content (AvgIpc) is 2.60. The summed E-state index contributed by atoms with van der Waals surface area (Å²) in [5.74, 6) is -1.14. The van der Waals surface area contributed by atoms with Crippen molar-refractivity contribution in [2.24, 2.45) is 0 Å². The van der Waals surface area contributed by atoms with E-state index in [4.69, 9.17) is 9.47 Å². The van der Waals surface area contributed by atoms with Gasteiger partial charge in [-0.2, -0.15) is 0 Å². The monoisotopic (exact) mass is 257 g/mol. The van der Waals surface area contributed by atoms with E-state index < -0.39 is 23.2 Å². The fourth-order valence-electron chi connectivity index (χ4n) is 1.75. The van der Waals surface area contributed by atoms with E-state index in [1.807, 2.05) is 0 Å². The van der Waals surface area contributed by atoms with Crippen molar-refractivity contribution in [2.75, 3.05) is 20.3 Å². The molecule has 102 valence electrons. The first kappa shape index (κ1) is 14.5. The zero-order chi connectivity index (χ0) is 14.0. The Labute approximate surface area is 106 Å². The van der Waals surface area contributed by atoms with Gasteiger partial charge in [0, 0.05) is 13.7 Å². The Morgan fingerprint density at radius 1 is 1.44 bits per heavy atom. The van der Waals surface area contributed by atoms with E-state index in [1.165, 1.54) is 13.2 Å². The quantitative estimate of drug-likeness (QED) is 0.770. The molecule has 0 saturated carbocycles. The summed E-state index contributed by atoms with van der Waals surface area (Å²) in [6.07, 6.45) is 2.42. The number of carbonyl (C=O) groups is 2. The molecule has 1 aliphatic heterocycles. The summed E-state index contributed by atoms with van der Waals surface area (Å²) in [6.45, 7) is 5.27. The Balaban J connectivity index is 2.94. The minimum atomic E-state index is -1.48. The number of methoxy groups -OCH3 is 1. The molecule has 1 amide bonds. The van der Waals surface area contributed by atoms with Crippen LogP contribution in [0.4, 0.5) is 4.79 Å². The lowest BCUT2D eigenvalue weighted by Gasteiger charge is -2.34. The third-order valence-electron chi connectivity index (χ3n) is 2.51. The molecule has 0 aromatic carbocycles. The lowest BCUT2D eigenvalue weighted by Crippen LogP contribution is -2.57. The topological polar surface area (TPSA) is 76.1 Å². The Bertz CT molecular complexity index is 371. The molecule has 6 heteroatoms. The van der Waals surface area contributed by atoms with E-state index in [1.54, 1.807) is 26.8 Å². The molecular formula is C12H19NO5. The molecule has 1 atom stereocenters. The van der Waals surface area contributed by atoms with Gasteiger partial charge in [0.25, 0.3) is 0 Å². The maximum Gasteiger partial charge on any atom is 0.411 e. The van der Waals surface area contributed by atoms with E-state index in [0.29, 0.717) is 0 Å². The van der Waals surface area contributed by atoms with E-state index >= 15 is 0 Å². The summed E-state index contributed by atoms with van der Waals surface area (Å²) >= 11 is 0. The van der Waals surface area contributed by atoms with Gasteiger partial charge in [-0.3, -0.25) is 4.90 Å². The Morgan fingerprint density at radius 3 is 2.50 bits per heavy atom. The summed E-state index contributed by atoms with van der Waals surface area (Å²) in [4.78, 5) is 24.6. The number of amides is 1. The van der Waals surface area contributed by atoms with Gasteiger partial charge in [0.05, 0.1) is 6.61 Å². The van der Waals surface area contributed by atoms with Crippen LogP contribution in [-0.2, 0) is 14.3 Å². The SMILES string of the molecule is COCC1(C(=O)O)C=CCN1C(=O)OC(C)(C)C. The van der Waals surface area contributed by atoms with Crippen LogP contribution in [0.2, 0.25) is 0 Å². The summed E-state index contributed by atoms with van der Waals surface area (Å²) in [5.41, 5.74) is -2.14. The fourth-order valence-corrected chi connectivity index (χ4v) is 1.75. The molecule has 0 bridgehead atoms. The van der Waals surface area contributed by atoms with Gasteiger partial charge >= 0.3 is 12.1 Å². The van der Waals surface area contributed by atoms with Gasteiger partial charge in [0.15, 0.2) is 5.54 Å². The normalized spacial score (nSPS) is 23.2. The number of ether oxygens (including phenoxy) is 2. The van der Waals surface area contributed by atoms with Crippen LogP contribution in [0.3, 0.4) is 0 Å². The third-order valence-corrected chi connectivity index (χ3v) is 2.51. The zero-order valence-electron chi connectivity index (χ0n) is 11.1. The highest BCUT2D eigenvalue weighted by Gasteiger charge is 2.48. The van der Waals surface area contributed by atoms with Crippen molar-refractivity contribution in [3.63, 3.8) is 0 Å². The van der Waals surface area contributed by atoms with E-state index in [-0.39, 0.29) is 13.2 Å². The van der Waals surface area contributed by atoms with Gasteiger partial charge in [-0.05, 0) is 26.8 Å². The van der Waals surface area contributed by atoms with Crippen LogP contribution in [0.5, 0.6) is 0 Å². The van der Waals surface area contributed by atoms with Gasteiger partial charge in [-0.15, -0.1) is 0 Å². The van der Waals surface area contributed by atoms with Crippen molar-refractivity contribution in [3.05, 3.63) is 12.2 Å². The maximum atomic E-state index is 12.0. The molecule has 1 N–H and O–H groups in total. The first-order valence-corrected chi connectivity index (χ1v) is 5.63. The van der Waals surface area contributed by atoms with Crippen molar-refractivity contribution in [1.82, 2.24) is 4.90 Å². The highest BCUT2D eigenvalue weighted by Crippen LogP contribution is 2.26. The minimum absolute atomic E-state index is 0.113. The molecule has 1 heterocycles. The minimum Gasteiger partial charge on any atom is -0.479 e. The number of carboxylic acids is 1. The first-order chi connectivity index (χ1) is 8.23. The van der Waals surface area contributed by atoms with E-state index in [2.05, 4.69) is 0 Å². The highest BCUT2D eigenvalue weighted by molar-refractivity contribution is 5.88. The van der Waals surface area contributed by atoms with Crippen LogP contribution in [-0.4, -0.2) is 53.5 Å². The highest BCUT2D eigenvalue weighted by atomic mass is 16.6. The standard InChI is InChI=1S/C12H19NO5/c1-11(2,3)18-10(16)13-7-5-6-12(13,8-17-4)9(14)15/h5-6H,7-8H2,1-4H3,(H,14,15). The van der Waals surface area contributed by atoms with Crippen LogP contribution in [0, 0.1) is 0 Å². The van der Waals surface area contributed by atoms with Gasteiger partial charge in [0.2, 0.25) is 0 Å². The number of aliphatic carboxylic acids is 1. The molecule has 18 heavy (non-hydrogen) atoms. The molecule has 1 aliphatic rings. The predicted molar refractivity (Wildman–Crippen MR) is 64.3 cm³/mol. The molecule has 0 radical (unpaired) electrons. The van der Waals surface area contributed by atoms with E-state index in [0.717, 1.165) is 4.90 Å². The molecule has 1 rings (SSSR count). The number of carbonyl (C=O) groups excluding carboxylic acids is 1. The van der Waals surface area contributed by atoms with Gasteiger partial charge in [-0.1, -0.05) is 6.08 Å². The van der Waals surface area contributed by atoms with Crippen LogP contribution in [0.25, 0.3) is 0 Å². The molecule has 1 unspecified atom stereocenters. The molecule has 0 aromatic rings. The summed E-state index contributed by atoms with van der Waals surface area (Å²) in [7, 11) is 1.39. The Hall–Kier alpha value is -1.56. The van der Waals surface area contributed by atoms with Gasteiger partial charge < -0.3 is 14.6 Å². The van der Waals surface area contributed by atoms with E-state index in [9.17, 15) is 14.7 Å². The average molecular weight is 257 g/mol. The maximum absolute atomic E-state index is 12.0. The molecule has 0 aliphatic carbocycles. The summed E-state index contributed by atoms with van der Waals surface area (Å²) in [5, 5.41) is 9.33. The van der Waals surface area contributed by atoms with Crippen molar-refractivity contribution in [2.45, 2.75) is 31.9 Å². The number of hydrogen-bond acceptors (Lipinski definition) is 4. The third kappa shape index (κ3) is 2.81. The smallest absolute Gasteiger partial charge is 0.411 e. The second-order valence-electron chi connectivity index (χ2n) is 5.16. The molecule has 0 saturated heterocycles. The summed E-state index contributed by atoms with van der Waals surface area (Å²) in [6, 6.07) is 0. The summed E-state index contributed by atoms with van der Waals surface area (Å²) < 4.78 is 10.1. The lowest BCUT2D eigenvalue weighted by molar-refractivity contribution is -0.149. The zero-order valence-corrected chi connectivity index (χ0v) is 11.1. The molecule has 0 fully saturated rings. The molecular weight excluding hydrogens is 238 g/mol. The first-order valence-electron chi connectivity index (χ1n) is 5.63. The lowest BCUT2D eigenvalue weighted by atomic mass is 10.0. The number of hydrogen-bond donors (Lipinski definition) is 1. The number of nitrogens with zero attached hydrogens (tertiary/aromatic N) is 1. The van der Waals surface area contributed by atoms with Crippen LogP contribution < -0.4 is 0 Å². The van der Waals surface area contributed by atoms with Crippen molar-refractivity contribution < 1.29 is 24.2 Å². The molecule has 6 nitrogen and oxygen atoms in total. The van der Waals surface area contributed by atoms with Gasteiger partial charge in [0.1, 0.15) is 5.60 Å². The Kier molecular flexibility index (Phi) is 4.01. The molecule has 0 spiro atoms. The van der Waals surface area contributed by atoms with Crippen LogP contribution >= 0.6 is 0 Å². The predicted octanol–water partition coefficient (Wildman–Crippen LogP) is 1.26. The fraction of sp³-hybridized carbons (Fsp3) is 0.667. The van der Waals surface area contributed by atoms with Crippen molar-refractivity contribution in [1.29, 1.82) is 0 Å². The largest absolute Gasteiger partial charge is 0.479 e. The number of carboxylic acid groups (broad SMARTS) is 1.